The second kappa shape index (κ2) is 6.80. The predicted octanol–water partition coefficient (Wildman–Crippen LogP) is 1.08. The monoisotopic (exact) mass is 339 g/mol. The molecule has 9 heteroatoms. The van der Waals surface area contributed by atoms with Crippen LogP contribution in [0.3, 0.4) is 0 Å². The summed E-state index contributed by atoms with van der Waals surface area (Å²) in [6.45, 7) is 3.43. The molecule has 0 bridgehead atoms. The van der Waals surface area contributed by atoms with Gasteiger partial charge in [-0.1, -0.05) is 0 Å². The Morgan fingerprint density at radius 3 is 2.48 bits per heavy atom. The first kappa shape index (κ1) is 17.0. The fraction of sp³-hybridized carbons (Fsp3) is 0.286. The van der Waals surface area contributed by atoms with Crippen molar-refractivity contribution < 1.29 is 23.1 Å². The molecule has 0 fully saturated rings. The molecular weight excluding hydrogens is 322 g/mol. The molecule has 0 saturated carbocycles. The van der Waals surface area contributed by atoms with Crippen LogP contribution in [0, 0.1) is 13.8 Å². The number of hydrogen-bond acceptors (Lipinski definition) is 5. The van der Waals surface area contributed by atoms with Gasteiger partial charge in [-0.3, -0.25) is 5.10 Å². The maximum atomic E-state index is 12.2. The van der Waals surface area contributed by atoms with Crippen molar-refractivity contribution in [3.63, 3.8) is 0 Å². The van der Waals surface area contributed by atoms with Crippen LogP contribution >= 0.6 is 0 Å². The molecule has 1 heterocycles. The number of benzene rings is 1. The number of H-pyrrole nitrogens is 1. The summed E-state index contributed by atoms with van der Waals surface area (Å²) in [7, 11) is -3.65. The van der Waals surface area contributed by atoms with Gasteiger partial charge >= 0.3 is 5.97 Å². The summed E-state index contributed by atoms with van der Waals surface area (Å²) in [5.41, 5.74) is 1.03. The van der Waals surface area contributed by atoms with Gasteiger partial charge in [0.2, 0.25) is 10.0 Å². The highest BCUT2D eigenvalue weighted by Crippen LogP contribution is 2.16. The van der Waals surface area contributed by atoms with E-state index in [2.05, 4.69) is 14.9 Å². The van der Waals surface area contributed by atoms with Crippen LogP contribution in [0.25, 0.3) is 0 Å². The van der Waals surface area contributed by atoms with Crippen molar-refractivity contribution in [1.29, 1.82) is 0 Å². The molecule has 0 saturated heterocycles. The number of carboxylic acid groups (broad SMARTS) is 1. The molecule has 2 rings (SSSR count). The van der Waals surface area contributed by atoms with E-state index < -0.39 is 16.0 Å². The molecule has 3 N–H and O–H groups in total. The molecule has 0 spiro atoms. The average molecular weight is 339 g/mol. The van der Waals surface area contributed by atoms with Gasteiger partial charge in [0.25, 0.3) is 0 Å². The van der Waals surface area contributed by atoms with Gasteiger partial charge in [0.05, 0.1) is 17.0 Å². The quantitative estimate of drug-likeness (QED) is 0.649. The smallest absolute Gasteiger partial charge is 0.335 e. The highest BCUT2D eigenvalue weighted by atomic mass is 32.2. The van der Waals surface area contributed by atoms with Crippen molar-refractivity contribution in [2.24, 2.45) is 0 Å². The number of nitrogens with zero attached hydrogens (tertiary/aromatic N) is 1. The second-order valence-electron chi connectivity index (χ2n) is 4.84. The number of ether oxygens (including phenoxy) is 1. The largest absolute Gasteiger partial charge is 0.492 e. The van der Waals surface area contributed by atoms with E-state index in [1.54, 1.807) is 13.8 Å². The third-order valence-corrected chi connectivity index (χ3v) is 4.82. The van der Waals surface area contributed by atoms with Crippen molar-refractivity contribution in [3.05, 3.63) is 41.2 Å². The molecule has 8 nitrogen and oxygen atoms in total. The number of aromatic amines is 1. The lowest BCUT2D eigenvalue weighted by Crippen LogP contribution is -2.29. The molecule has 0 amide bonds. The Bertz CT molecular complexity index is 777. The van der Waals surface area contributed by atoms with Crippen LogP contribution < -0.4 is 9.46 Å². The van der Waals surface area contributed by atoms with Gasteiger partial charge in [-0.15, -0.1) is 0 Å². The summed E-state index contributed by atoms with van der Waals surface area (Å²) < 4.78 is 32.2. The first-order valence-corrected chi connectivity index (χ1v) is 8.27. The number of hydrogen-bond donors (Lipinski definition) is 3. The third kappa shape index (κ3) is 4.08. The van der Waals surface area contributed by atoms with Gasteiger partial charge < -0.3 is 9.84 Å². The lowest BCUT2D eigenvalue weighted by molar-refractivity contribution is 0.0697. The van der Waals surface area contributed by atoms with Crippen LogP contribution in [0.15, 0.2) is 29.2 Å². The number of carboxylic acids is 1. The number of nitrogens with one attached hydrogen (secondary N) is 2. The third-order valence-electron chi connectivity index (χ3n) is 3.09. The van der Waals surface area contributed by atoms with Crippen molar-refractivity contribution in [3.8, 4) is 5.75 Å². The topological polar surface area (TPSA) is 121 Å². The Balaban J connectivity index is 1.89. The Labute approximate surface area is 133 Å². The number of aryl methyl sites for hydroxylation is 2. The fourth-order valence-corrected chi connectivity index (χ4v) is 3.43. The molecular formula is C14H17N3O5S. The minimum absolute atomic E-state index is 0.0765. The number of carbonyl (C=O) groups is 1. The van der Waals surface area contributed by atoms with Gasteiger partial charge in [0.15, 0.2) is 0 Å². The molecule has 23 heavy (non-hydrogen) atoms. The zero-order valence-corrected chi connectivity index (χ0v) is 13.5. The van der Waals surface area contributed by atoms with Gasteiger partial charge in [-0.2, -0.15) is 5.10 Å². The van der Waals surface area contributed by atoms with Crippen molar-refractivity contribution >= 4 is 16.0 Å². The number of aromatic nitrogens is 2. The zero-order chi connectivity index (χ0) is 17.0. The van der Waals surface area contributed by atoms with Crippen LogP contribution in [0.4, 0.5) is 0 Å². The summed E-state index contributed by atoms with van der Waals surface area (Å²) in [6, 6.07) is 5.87. The van der Waals surface area contributed by atoms with E-state index in [1.165, 1.54) is 24.3 Å². The summed E-state index contributed by atoms with van der Waals surface area (Å²) in [4.78, 5) is 10.9. The normalized spacial score (nSPS) is 11.4. The van der Waals surface area contributed by atoms with Gasteiger partial charge in [0, 0.05) is 6.54 Å². The van der Waals surface area contributed by atoms with E-state index in [4.69, 9.17) is 9.84 Å². The van der Waals surface area contributed by atoms with Crippen LogP contribution in [0.1, 0.15) is 21.7 Å². The Morgan fingerprint density at radius 1 is 1.30 bits per heavy atom. The highest BCUT2D eigenvalue weighted by Gasteiger charge is 2.21. The molecule has 1 aromatic carbocycles. The van der Waals surface area contributed by atoms with E-state index >= 15 is 0 Å². The Morgan fingerprint density at radius 2 is 1.96 bits per heavy atom. The van der Waals surface area contributed by atoms with Crippen LogP contribution in [0.5, 0.6) is 5.75 Å². The van der Waals surface area contributed by atoms with Crippen LogP contribution in [-0.4, -0.2) is 42.8 Å². The number of rotatable bonds is 7. The van der Waals surface area contributed by atoms with E-state index in [-0.39, 0.29) is 23.6 Å². The lowest BCUT2D eigenvalue weighted by Gasteiger charge is -2.09. The standard InChI is InChI=1S/C14H17N3O5S/c1-9-13(10(2)17-16-9)23(20,21)15-7-8-22-12-5-3-11(4-6-12)14(18)19/h3-6,15H,7-8H2,1-2H3,(H,16,17)(H,18,19). The van der Waals surface area contributed by atoms with Crippen molar-refractivity contribution in [2.45, 2.75) is 18.7 Å². The van der Waals surface area contributed by atoms with Gasteiger partial charge in [-0.25, -0.2) is 17.9 Å². The first-order valence-electron chi connectivity index (χ1n) is 6.78. The Kier molecular flexibility index (Phi) is 5.02. The first-order chi connectivity index (χ1) is 10.8. The Hall–Kier alpha value is -2.39. The van der Waals surface area contributed by atoms with Gasteiger partial charge in [0.1, 0.15) is 17.3 Å². The number of aromatic carboxylic acids is 1. The summed E-state index contributed by atoms with van der Waals surface area (Å²) in [6.07, 6.45) is 0. The second-order valence-corrected chi connectivity index (χ2v) is 6.54. The van der Waals surface area contributed by atoms with E-state index in [0.717, 1.165) is 0 Å². The lowest BCUT2D eigenvalue weighted by atomic mass is 10.2. The molecule has 0 radical (unpaired) electrons. The maximum Gasteiger partial charge on any atom is 0.335 e. The van der Waals surface area contributed by atoms with E-state index in [1.807, 2.05) is 0 Å². The van der Waals surface area contributed by atoms with Crippen molar-refractivity contribution in [2.75, 3.05) is 13.2 Å². The highest BCUT2D eigenvalue weighted by molar-refractivity contribution is 7.89. The van der Waals surface area contributed by atoms with E-state index in [9.17, 15) is 13.2 Å². The average Bonchev–Trinajstić information content (AvgIpc) is 2.84. The summed E-state index contributed by atoms with van der Waals surface area (Å²) >= 11 is 0. The van der Waals surface area contributed by atoms with E-state index in [0.29, 0.717) is 17.1 Å². The molecule has 0 unspecified atom stereocenters. The zero-order valence-electron chi connectivity index (χ0n) is 12.7. The molecule has 124 valence electrons. The SMILES string of the molecule is Cc1n[nH]c(C)c1S(=O)(=O)NCCOc1ccc(C(=O)O)cc1. The van der Waals surface area contributed by atoms with Gasteiger partial charge in [-0.05, 0) is 38.1 Å². The predicted molar refractivity (Wildman–Crippen MR) is 82.1 cm³/mol. The van der Waals surface area contributed by atoms with Crippen LogP contribution in [-0.2, 0) is 10.0 Å². The minimum atomic E-state index is -3.65. The molecule has 2 aromatic rings. The molecule has 0 atom stereocenters. The number of sulfonamides is 1. The fourth-order valence-electron chi connectivity index (χ4n) is 2.05. The maximum absolute atomic E-state index is 12.2. The molecule has 1 aromatic heterocycles. The summed E-state index contributed by atoms with van der Waals surface area (Å²) in [5.74, 6) is -0.556. The molecule has 0 aliphatic rings. The molecule has 0 aliphatic heterocycles. The van der Waals surface area contributed by atoms with Crippen LogP contribution in [0.2, 0.25) is 0 Å². The minimum Gasteiger partial charge on any atom is -0.492 e. The van der Waals surface area contributed by atoms with Crippen molar-refractivity contribution in [1.82, 2.24) is 14.9 Å². The summed E-state index contributed by atoms with van der Waals surface area (Å²) in [5, 5.41) is 15.3. The molecule has 0 aliphatic carbocycles.